The fourth-order valence-corrected chi connectivity index (χ4v) is 3.20. The predicted octanol–water partition coefficient (Wildman–Crippen LogP) is 3.48. The molecular weight excluding hydrogens is 326 g/mol. The molecule has 0 bridgehead atoms. The van der Waals surface area contributed by atoms with Crippen molar-refractivity contribution in [1.82, 2.24) is 9.88 Å². The summed E-state index contributed by atoms with van der Waals surface area (Å²) in [6.07, 6.45) is 0.291. The van der Waals surface area contributed by atoms with Gasteiger partial charge in [-0.1, -0.05) is 32.9 Å². The number of nitrogens with zero attached hydrogens (tertiary/aromatic N) is 3. The van der Waals surface area contributed by atoms with Gasteiger partial charge in [-0.3, -0.25) is 4.79 Å². The van der Waals surface area contributed by atoms with Crippen LogP contribution < -0.4 is 4.90 Å². The first-order valence-corrected chi connectivity index (χ1v) is 9.30. The van der Waals surface area contributed by atoms with Gasteiger partial charge in [-0.25, -0.2) is 4.98 Å². The van der Waals surface area contributed by atoms with Crippen LogP contribution in [0.15, 0.2) is 28.7 Å². The number of aromatic nitrogens is 1. The molecule has 3 rings (SSSR count). The highest BCUT2D eigenvalue weighted by atomic mass is 16.4. The summed E-state index contributed by atoms with van der Waals surface area (Å²) in [6.45, 7) is 13.4. The van der Waals surface area contributed by atoms with Crippen LogP contribution in [0.25, 0.3) is 0 Å². The molecule has 1 saturated heterocycles. The Balaban J connectivity index is 1.60. The number of hydrogen-bond donors (Lipinski definition) is 0. The van der Waals surface area contributed by atoms with Gasteiger partial charge in [-0.05, 0) is 31.5 Å². The van der Waals surface area contributed by atoms with Crippen LogP contribution in [0.4, 0.5) is 5.69 Å². The lowest BCUT2D eigenvalue weighted by Crippen LogP contribution is -2.49. The zero-order valence-electron chi connectivity index (χ0n) is 16.5. The number of benzene rings is 1. The van der Waals surface area contributed by atoms with Crippen molar-refractivity contribution in [3.63, 3.8) is 0 Å². The van der Waals surface area contributed by atoms with E-state index in [2.05, 4.69) is 61.8 Å². The number of carbonyl (C=O) groups excluding carboxylic acids is 1. The first-order valence-electron chi connectivity index (χ1n) is 9.30. The van der Waals surface area contributed by atoms with Crippen molar-refractivity contribution in [1.29, 1.82) is 0 Å². The van der Waals surface area contributed by atoms with Crippen LogP contribution in [-0.2, 0) is 16.6 Å². The molecular formula is C21H29N3O2. The number of hydrogen-bond acceptors (Lipinski definition) is 4. The highest BCUT2D eigenvalue weighted by Crippen LogP contribution is 2.24. The number of rotatable bonds is 3. The number of carbonyl (C=O) groups is 1. The van der Waals surface area contributed by atoms with Crippen molar-refractivity contribution >= 4 is 11.6 Å². The molecule has 1 amide bonds. The summed E-state index contributed by atoms with van der Waals surface area (Å²) in [5.41, 5.74) is 3.17. The van der Waals surface area contributed by atoms with E-state index in [-0.39, 0.29) is 11.3 Å². The molecule has 1 aliphatic rings. The van der Waals surface area contributed by atoms with Gasteiger partial charge in [0.15, 0.2) is 5.89 Å². The number of oxazole rings is 1. The lowest BCUT2D eigenvalue weighted by Gasteiger charge is -2.36. The van der Waals surface area contributed by atoms with E-state index in [0.717, 1.165) is 31.9 Å². The maximum absolute atomic E-state index is 12.7. The van der Waals surface area contributed by atoms with Crippen LogP contribution in [0.3, 0.4) is 0 Å². The van der Waals surface area contributed by atoms with E-state index in [1.165, 1.54) is 11.3 Å². The van der Waals surface area contributed by atoms with E-state index in [9.17, 15) is 4.79 Å². The molecule has 1 aromatic carbocycles. The van der Waals surface area contributed by atoms with Crippen LogP contribution in [0.2, 0.25) is 0 Å². The zero-order valence-corrected chi connectivity index (χ0v) is 16.5. The molecule has 2 heterocycles. The van der Waals surface area contributed by atoms with Gasteiger partial charge in [0.25, 0.3) is 0 Å². The summed E-state index contributed by atoms with van der Waals surface area (Å²) in [7, 11) is 0. The van der Waals surface area contributed by atoms with Crippen molar-refractivity contribution in [2.75, 3.05) is 31.1 Å². The molecule has 0 spiro atoms. The molecule has 2 aromatic rings. The molecule has 5 nitrogen and oxygen atoms in total. The predicted molar refractivity (Wildman–Crippen MR) is 104 cm³/mol. The second-order valence-corrected chi connectivity index (χ2v) is 8.16. The Morgan fingerprint density at radius 3 is 2.42 bits per heavy atom. The molecule has 1 aliphatic heterocycles. The average Bonchev–Trinajstić information content (AvgIpc) is 2.96. The molecule has 5 heteroatoms. The van der Waals surface area contributed by atoms with Crippen molar-refractivity contribution < 1.29 is 9.21 Å². The Hall–Kier alpha value is -2.30. The van der Waals surface area contributed by atoms with Crippen molar-refractivity contribution in [2.45, 2.75) is 46.5 Å². The van der Waals surface area contributed by atoms with Crippen LogP contribution in [0.5, 0.6) is 0 Å². The summed E-state index contributed by atoms with van der Waals surface area (Å²) in [4.78, 5) is 21.5. The van der Waals surface area contributed by atoms with Gasteiger partial charge in [-0.2, -0.15) is 0 Å². The Morgan fingerprint density at radius 1 is 1.15 bits per heavy atom. The Bertz CT molecular complexity index is 781. The minimum Gasteiger partial charge on any atom is -0.444 e. The zero-order chi connectivity index (χ0) is 18.9. The highest BCUT2D eigenvalue weighted by Gasteiger charge is 2.26. The fourth-order valence-electron chi connectivity index (χ4n) is 3.20. The second-order valence-electron chi connectivity index (χ2n) is 8.16. The third kappa shape index (κ3) is 4.09. The molecule has 0 aliphatic carbocycles. The van der Waals surface area contributed by atoms with Gasteiger partial charge in [0.1, 0.15) is 5.76 Å². The number of aryl methyl sites for hydroxylation is 2. The standard InChI is InChI=1S/C21H29N3O2/c1-15-7-6-8-17(13-15)23-9-11-24(12-10-23)19(25)14-18-16(2)22-20(26-18)21(3,4)5/h6-8,13H,9-12,14H2,1-5H3. The van der Waals surface area contributed by atoms with Crippen LogP contribution in [0.1, 0.15) is 43.7 Å². The van der Waals surface area contributed by atoms with Crippen LogP contribution in [-0.4, -0.2) is 42.0 Å². The van der Waals surface area contributed by atoms with Gasteiger partial charge >= 0.3 is 0 Å². The van der Waals surface area contributed by atoms with Gasteiger partial charge in [0.2, 0.25) is 5.91 Å². The number of anilines is 1. The Kier molecular flexibility index (Phi) is 5.08. The third-order valence-corrected chi connectivity index (χ3v) is 4.85. The summed E-state index contributed by atoms with van der Waals surface area (Å²) >= 11 is 0. The summed E-state index contributed by atoms with van der Waals surface area (Å²) < 4.78 is 5.87. The van der Waals surface area contributed by atoms with E-state index >= 15 is 0 Å². The highest BCUT2D eigenvalue weighted by molar-refractivity contribution is 5.78. The van der Waals surface area contributed by atoms with Crippen LogP contribution in [0, 0.1) is 13.8 Å². The minimum atomic E-state index is -0.147. The molecule has 0 atom stereocenters. The summed E-state index contributed by atoms with van der Waals surface area (Å²) in [5, 5.41) is 0. The molecule has 0 radical (unpaired) electrons. The van der Waals surface area contributed by atoms with Gasteiger partial charge < -0.3 is 14.2 Å². The molecule has 1 aromatic heterocycles. The first kappa shape index (κ1) is 18.5. The SMILES string of the molecule is Cc1cccc(N2CCN(C(=O)Cc3oc(C(C)(C)C)nc3C)CC2)c1. The Morgan fingerprint density at radius 2 is 1.85 bits per heavy atom. The molecule has 0 saturated carbocycles. The third-order valence-electron chi connectivity index (χ3n) is 4.85. The number of amides is 1. The second kappa shape index (κ2) is 7.14. The van der Waals surface area contributed by atoms with Gasteiger partial charge in [-0.15, -0.1) is 0 Å². The van der Waals surface area contributed by atoms with Crippen molar-refractivity contribution in [2.24, 2.45) is 0 Å². The van der Waals surface area contributed by atoms with E-state index in [4.69, 9.17) is 4.42 Å². The maximum atomic E-state index is 12.7. The first-order chi connectivity index (χ1) is 12.2. The number of piperazine rings is 1. The van der Waals surface area contributed by atoms with E-state index in [0.29, 0.717) is 18.1 Å². The molecule has 1 fully saturated rings. The molecule has 140 valence electrons. The van der Waals surface area contributed by atoms with E-state index in [1.807, 2.05) is 11.8 Å². The minimum absolute atomic E-state index is 0.119. The van der Waals surface area contributed by atoms with Gasteiger partial charge in [0.05, 0.1) is 12.1 Å². The summed E-state index contributed by atoms with van der Waals surface area (Å²) in [5.74, 6) is 1.51. The smallest absolute Gasteiger partial charge is 0.230 e. The average molecular weight is 355 g/mol. The lowest BCUT2D eigenvalue weighted by atomic mass is 9.97. The monoisotopic (exact) mass is 355 g/mol. The topological polar surface area (TPSA) is 49.6 Å². The van der Waals surface area contributed by atoms with Crippen molar-refractivity contribution in [3.8, 4) is 0 Å². The lowest BCUT2D eigenvalue weighted by molar-refractivity contribution is -0.131. The maximum Gasteiger partial charge on any atom is 0.230 e. The fraction of sp³-hybridized carbons (Fsp3) is 0.524. The quantitative estimate of drug-likeness (QED) is 0.846. The van der Waals surface area contributed by atoms with E-state index in [1.54, 1.807) is 0 Å². The van der Waals surface area contributed by atoms with E-state index < -0.39 is 0 Å². The molecule has 26 heavy (non-hydrogen) atoms. The Labute approximate surface area is 156 Å². The van der Waals surface area contributed by atoms with Gasteiger partial charge in [0, 0.05) is 37.3 Å². The molecule has 0 N–H and O–H groups in total. The largest absolute Gasteiger partial charge is 0.444 e. The van der Waals surface area contributed by atoms with Crippen LogP contribution >= 0.6 is 0 Å². The van der Waals surface area contributed by atoms with Crippen molar-refractivity contribution in [3.05, 3.63) is 47.2 Å². The molecule has 0 unspecified atom stereocenters. The normalized spacial score (nSPS) is 15.4. The summed E-state index contributed by atoms with van der Waals surface area (Å²) in [6, 6.07) is 8.52.